The van der Waals surface area contributed by atoms with Gasteiger partial charge in [-0.25, -0.2) is 0 Å². The van der Waals surface area contributed by atoms with Gasteiger partial charge < -0.3 is 5.73 Å². The maximum absolute atomic E-state index is 6.07. The van der Waals surface area contributed by atoms with Gasteiger partial charge in [0.1, 0.15) is 0 Å². The molecule has 1 heterocycles. The molecular weight excluding hydrogens is 228 g/mol. The summed E-state index contributed by atoms with van der Waals surface area (Å²) in [6, 6.07) is 4.36. The Morgan fingerprint density at radius 3 is 2.76 bits per heavy atom. The Hall–Kier alpha value is -0.380. The fraction of sp³-hybridized carbons (Fsp3) is 0.714. The lowest BCUT2D eigenvalue weighted by molar-refractivity contribution is 0.0981. The first-order chi connectivity index (χ1) is 8.23. The molecule has 0 amide bonds. The summed E-state index contributed by atoms with van der Waals surface area (Å²) in [7, 11) is 2.25. The van der Waals surface area contributed by atoms with Crippen molar-refractivity contribution < 1.29 is 0 Å². The number of likely N-dealkylation sites (N-methyl/N-ethyl adjacent to an activating group) is 1. The highest BCUT2D eigenvalue weighted by Gasteiger charge is 2.45. The smallest absolute Gasteiger partial charge is 0.0354 e. The van der Waals surface area contributed by atoms with E-state index in [1.54, 1.807) is 0 Å². The van der Waals surface area contributed by atoms with Crippen LogP contribution >= 0.6 is 11.3 Å². The van der Waals surface area contributed by atoms with Gasteiger partial charge in [0.15, 0.2) is 0 Å². The lowest BCUT2D eigenvalue weighted by atomic mass is 9.88. The van der Waals surface area contributed by atoms with Crippen molar-refractivity contribution in [3.8, 4) is 0 Å². The van der Waals surface area contributed by atoms with Crippen LogP contribution in [0.4, 0.5) is 0 Å². The Balaban J connectivity index is 1.94. The molecule has 17 heavy (non-hydrogen) atoms. The van der Waals surface area contributed by atoms with Crippen LogP contribution in [-0.2, 0) is 6.42 Å². The van der Waals surface area contributed by atoms with Gasteiger partial charge in [0, 0.05) is 23.5 Å². The number of rotatable bonds is 7. The van der Waals surface area contributed by atoms with Crippen LogP contribution in [0.1, 0.15) is 31.1 Å². The summed E-state index contributed by atoms with van der Waals surface area (Å²) >= 11 is 1.86. The molecule has 1 aromatic rings. The van der Waals surface area contributed by atoms with Crippen molar-refractivity contribution in [2.45, 2.75) is 38.1 Å². The molecule has 0 radical (unpaired) electrons. The van der Waals surface area contributed by atoms with Crippen LogP contribution in [0.25, 0.3) is 0 Å². The predicted octanol–water partition coefficient (Wildman–Crippen LogP) is 2.74. The molecule has 1 aliphatic carbocycles. The van der Waals surface area contributed by atoms with E-state index in [1.807, 2.05) is 11.3 Å². The molecule has 1 fully saturated rings. The number of thiophene rings is 1. The van der Waals surface area contributed by atoms with Gasteiger partial charge in [0.05, 0.1) is 0 Å². The molecule has 1 unspecified atom stereocenters. The summed E-state index contributed by atoms with van der Waals surface area (Å²) < 4.78 is 0. The normalized spacial score (nSPS) is 19.5. The third-order valence-corrected chi connectivity index (χ3v) is 5.27. The van der Waals surface area contributed by atoms with E-state index in [-0.39, 0.29) is 5.54 Å². The van der Waals surface area contributed by atoms with Crippen molar-refractivity contribution in [3.05, 3.63) is 22.4 Å². The molecule has 1 atom stereocenters. The molecule has 1 aromatic heterocycles. The van der Waals surface area contributed by atoms with E-state index in [0.29, 0.717) is 0 Å². The van der Waals surface area contributed by atoms with Gasteiger partial charge in [0.25, 0.3) is 0 Å². The van der Waals surface area contributed by atoms with E-state index in [0.717, 1.165) is 25.4 Å². The monoisotopic (exact) mass is 252 g/mol. The topological polar surface area (TPSA) is 29.3 Å². The molecule has 2 nitrogen and oxygen atoms in total. The van der Waals surface area contributed by atoms with Gasteiger partial charge in [-0.3, -0.25) is 4.90 Å². The van der Waals surface area contributed by atoms with Gasteiger partial charge in [0.2, 0.25) is 0 Å². The van der Waals surface area contributed by atoms with Crippen LogP contribution in [0.3, 0.4) is 0 Å². The molecule has 0 saturated heterocycles. The predicted molar refractivity (Wildman–Crippen MR) is 75.5 cm³/mol. The maximum Gasteiger partial charge on any atom is 0.0354 e. The molecule has 3 heteroatoms. The second-order valence-electron chi connectivity index (χ2n) is 5.19. The number of hydrogen-bond acceptors (Lipinski definition) is 3. The summed E-state index contributed by atoms with van der Waals surface area (Å²) in [5, 5.41) is 2.16. The van der Waals surface area contributed by atoms with Gasteiger partial charge >= 0.3 is 0 Å². The van der Waals surface area contributed by atoms with Crippen LogP contribution in [0.2, 0.25) is 0 Å². The third-order valence-electron chi connectivity index (χ3n) is 4.34. The first-order valence-corrected chi connectivity index (χ1v) is 7.54. The first-order valence-electron chi connectivity index (χ1n) is 6.66. The van der Waals surface area contributed by atoms with E-state index in [1.165, 1.54) is 24.1 Å². The fourth-order valence-corrected chi connectivity index (χ4v) is 3.61. The molecule has 0 bridgehead atoms. The quantitative estimate of drug-likeness (QED) is 0.808. The van der Waals surface area contributed by atoms with Crippen molar-refractivity contribution in [3.63, 3.8) is 0 Å². The number of nitrogens with two attached hydrogens (primary N) is 1. The molecule has 2 rings (SSSR count). The molecule has 1 saturated carbocycles. The van der Waals surface area contributed by atoms with Crippen molar-refractivity contribution in [1.29, 1.82) is 0 Å². The molecular formula is C14H24N2S. The SMILES string of the molecule is CCC(CN)(C1CC1)N(C)CCc1cccs1. The van der Waals surface area contributed by atoms with Gasteiger partial charge in [-0.15, -0.1) is 11.3 Å². The zero-order chi connectivity index (χ0) is 12.3. The lowest BCUT2D eigenvalue weighted by Crippen LogP contribution is -2.54. The maximum atomic E-state index is 6.07. The van der Waals surface area contributed by atoms with Crippen molar-refractivity contribution in [2.24, 2.45) is 11.7 Å². The van der Waals surface area contributed by atoms with Crippen LogP contribution in [-0.4, -0.2) is 30.6 Å². The highest BCUT2D eigenvalue weighted by Crippen LogP contribution is 2.44. The Morgan fingerprint density at radius 2 is 2.29 bits per heavy atom. The van der Waals surface area contributed by atoms with E-state index >= 15 is 0 Å². The van der Waals surface area contributed by atoms with Crippen molar-refractivity contribution in [2.75, 3.05) is 20.1 Å². The minimum atomic E-state index is 0.261. The largest absolute Gasteiger partial charge is 0.329 e. The molecule has 0 aliphatic heterocycles. The molecule has 96 valence electrons. The minimum absolute atomic E-state index is 0.261. The minimum Gasteiger partial charge on any atom is -0.329 e. The highest BCUT2D eigenvalue weighted by atomic mass is 32.1. The Bertz CT molecular complexity index is 326. The third kappa shape index (κ3) is 2.72. The summed E-state index contributed by atoms with van der Waals surface area (Å²) in [4.78, 5) is 4.00. The van der Waals surface area contributed by atoms with E-state index in [9.17, 15) is 0 Å². The number of hydrogen-bond donors (Lipinski definition) is 1. The number of nitrogens with zero attached hydrogens (tertiary/aromatic N) is 1. The first kappa shape index (κ1) is 13.1. The Morgan fingerprint density at radius 1 is 1.53 bits per heavy atom. The average molecular weight is 252 g/mol. The molecule has 0 aromatic carbocycles. The second kappa shape index (κ2) is 5.51. The average Bonchev–Trinajstić information content (AvgIpc) is 3.07. The van der Waals surface area contributed by atoms with E-state index < -0.39 is 0 Å². The van der Waals surface area contributed by atoms with Crippen LogP contribution in [0.5, 0.6) is 0 Å². The standard InChI is InChI=1S/C14H24N2S/c1-3-14(11-15,12-6-7-12)16(2)9-8-13-5-4-10-17-13/h4-5,10,12H,3,6-9,11,15H2,1-2H3. The van der Waals surface area contributed by atoms with Gasteiger partial charge in [-0.2, -0.15) is 0 Å². The molecule has 1 aliphatic rings. The van der Waals surface area contributed by atoms with Crippen LogP contribution < -0.4 is 5.73 Å². The van der Waals surface area contributed by atoms with Crippen LogP contribution in [0.15, 0.2) is 17.5 Å². The zero-order valence-corrected chi connectivity index (χ0v) is 11.8. The second-order valence-corrected chi connectivity index (χ2v) is 6.22. The Labute approximate surface area is 109 Å². The Kier molecular flexibility index (Phi) is 4.23. The van der Waals surface area contributed by atoms with E-state index in [4.69, 9.17) is 5.73 Å². The van der Waals surface area contributed by atoms with Crippen molar-refractivity contribution >= 4 is 11.3 Å². The molecule has 2 N–H and O–H groups in total. The molecule has 0 spiro atoms. The lowest BCUT2D eigenvalue weighted by Gasteiger charge is -2.41. The van der Waals surface area contributed by atoms with Crippen molar-refractivity contribution in [1.82, 2.24) is 4.90 Å². The van der Waals surface area contributed by atoms with Gasteiger partial charge in [-0.1, -0.05) is 13.0 Å². The van der Waals surface area contributed by atoms with Crippen LogP contribution in [0, 0.1) is 5.92 Å². The summed E-state index contributed by atoms with van der Waals surface area (Å²) in [6.45, 7) is 4.21. The van der Waals surface area contributed by atoms with E-state index in [2.05, 4.69) is 36.4 Å². The fourth-order valence-electron chi connectivity index (χ4n) is 2.91. The highest BCUT2D eigenvalue weighted by molar-refractivity contribution is 7.09. The zero-order valence-electron chi connectivity index (χ0n) is 11.0. The summed E-state index contributed by atoms with van der Waals surface area (Å²) in [5.74, 6) is 0.839. The summed E-state index contributed by atoms with van der Waals surface area (Å²) in [5.41, 5.74) is 6.33. The summed E-state index contributed by atoms with van der Waals surface area (Å²) in [6.07, 6.45) is 5.07. The van der Waals surface area contributed by atoms with Gasteiger partial charge in [-0.05, 0) is 50.1 Å².